The van der Waals surface area contributed by atoms with E-state index in [1.54, 1.807) is 6.20 Å². The minimum absolute atomic E-state index is 0.436. The summed E-state index contributed by atoms with van der Waals surface area (Å²) in [5, 5.41) is 13.4. The number of nitrogens with one attached hydrogen (secondary N) is 1. The molecular formula is C11H19N3O. The van der Waals surface area contributed by atoms with Crippen LogP contribution in [0.1, 0.15) is 25.7 Å². The summed E-state index contributed by atoms with van der Waals surface area (Å²) in [6, 6.07) is 0. The van der Waals surface area contributed by atoms with Crippen LogP contribution in [0.5, 0.6) is 0 Å². The summed E-state index contributed by atoms with van der Waals surface area (Å²) < 4.78 is 2.03. The Morgan fingerprint density at radius 1 is 1.40 bits per heavy atom. The summed E-state index contributed by atoms with van der Waals surface area (Å²) in [6.45, 7) is 2.52. The SMILES string of the molecule is OC1(CNCCn2ccnc2)CCCC1. The predicted molar refractivity (Wildman–Crippen MR) is 58.5 cm³/mol. The molecule has 2 rings (SSSR count). The highest BCUT2D eigenvalue weighted by molar-refractivity contribution is 4.86. The Balaban J connectivity index is 1.62. The van der Waals surface area contributed by atoms with Crippen molar-refractivity contribution in [2.24, 2.45) is 0 Å². The zero-order valence-electron chi connectivity index (χ0n) is 9.02. The molecule has 1 aliphatic rings. The third-order valence-corrected chi connectivity index (χ3v) is 3.09. The number of imidazole rings is 1. The Labute approximate surface area is 90.3 Å². The highest BCUT2D eigenvalue weighted by Gasteiger charge is 2.30. The maximum absolute atomic E-state index is 10.1. The molecule has 0 aliphatic heterocycles. The molecule has 0 amide bonds. The fourth-order valence-corrected chi connectivity index (χ4v) is 2.16. The summed E-state index contributed by atoms with van der Waals surface area (Å²) in [7, 11) is 0. The summed E-state index contributed by atoms with van der Waals surface area (Å²) >= 11 is 0. The predicted octanol–water partition coefficient (Wildman–Crippen LogP) is 0.778. The molecule has 2 N–H and O–H groups in total. The van der Waals surface area contributed by atoms with Crippen LogP contribution in [-0.4, -0.2) is 33.3 Å². The van der Waals surface area contributed by atoms with E-state index in [1.807, 2.05) is 17.1 Å². The van der Waals surface area contributed by atoms with E-state index in [9.17, 15) is 5.11 Å². The second-order valence-corrected chi connectivity index (χ2v) is 4.41. The Morgan fingerprint density at radius 2 is 2.20 bits per heavy atom. The van der Waals surface area contributed by atoms with Crippen molar-refractivity contribution >= 4 is 0 Å². The quantitative estimate of drug-likeness (QED) is 0.704. The van der Waals surface area contributed by atoms with Crippen molar-refractivity contribution in [2.75, 3.05) is 13.1 Å². The van der Waals surface area contributed by atoms with E-state index in [2.05, 4.69) is 10.3 Å². The van der Waals surface area contributed by atoms with E-state index in [-0.39, 0.29) is 0 Å². The zero-order valence-corrected chi connectivity index (χ0v) is 9.02. The summed E-state index contributed by atoms with van der Waals surface area (Å²) in [6.07, 6.45) is 9.78. The van der Waals surface area contributed by atoms with Gasteiger partial charge in [-0.3, -0.25) is 0 Å². The molecule has 15 heavy (non-hydrogen) atoms. The first-order valence-electron chi connectivity index (χ1n) is 5.67. The van der Waals surface area contributed by atoms with Crippen LogP contribution in [0.4, 0.5) is 0 Å². The molecule has 0 atom stereocenters. The van der Waals surface area contributed by atoms with E-state index >= 15 is 0 Å². The van der Waals surface area contributed by atoms with E-state index in [4.69, 9.17) is 0 Å². The molecule has 0 spiro atoms. The second-order valence-electron chi connectivity index (χ2n) is 4.41. The molecule has 1 fully saturated rings. The lowest BCUT2D eigenvalue weighted by molar-refractivity contribution is 0.0478. The van der Waals surface area contributed by atoms with E-state index in [1.165, 1.54) is 12.8 Å². The molecule has 0 aromatic carbocycles. The zero-order chi connectivity index (χ0) is 10.6. The van der Waals surface area contributed by atoms with E-state index in [0.717, 1.165) is 32.5 Å². The molecule has 0 unspecified atom stereocenters. The highest BCUT2D eigenvalue weighted by Crippen LogP contribution is 2.28. The Kier molecular flexibility index (Phi) is 3.38. The van der Waals surface area contributed by atoms with Crippen molar-refractivity contribution in [1.29, 1.82) is 0 Å². The number of nitrogens with zero attached hydrogens (tertiary/aromatic N) is 2. The van der Waals surface area contributed by atoms with Crippen LogP contribution in [-0.2, 0) is 6.54 Å². The summed E-state index contributed by atoms with van der Waals surface area (Å²) in [5.74, 6) is 0. The van der Waals surface area contributed by atoms with Crippen LogP contribution in [0.25, 0.3) is 0 Å². The van der Waals surface area contributed by atoms with Gasteiger partial charge in [-0.1, -0.05) is 12.8 Å². The lowest BCUT2D eigenvalue weighted by atomic mass is 10.0. The van der Waals surface area contributed by atoms with Crippen LogP contribution in [0.2, 0.25) is 0 Å². The third-order valence-electron chi connectivity index (χ3n) is 3.09. The van der Waals surface area contributed by atoms with Crippen molar-refractivity contribution < 1.29 is 5.11 Å². The average Bonchev–Trinajstić information content (AvgIpc) is 2.84. The van der Waals surface area contributed by atoms with Crippen LogP contribution in [0, 0.1) is 0 Å². The van der Waals surface area contributed by atoms with Gasteiger partial charge in [0.15, 0.2) is 0 Å². The largest absolute Gasteiger partial charge is 0.389 e. The fourth-order valence-electron chi connectivity index (χ4n) is 2.16. The Bertz CT molecular complexity index is 278. The van der Waals surface area contributed by atoms with Gasteiger partial charge in [0, 0.05) is 32.0 Å². The lowest BCUT2D eigenvalue weighted by Gasteiger charge is -2.22. The summed E-state index contributed by atoms with van der Waals surface area (Å²) in [5.41, 5.74) is -0.436. The Hall–Kier alpha value is -0.870. The molecule has 1 saturated carbocycles. The number of aliphatic hydroxyl groups is 1. The molecular weight excluding hydrogens is 190 g/mol. The van der Waals surface area contributed by atoms with E-state index < -0.39 is 5.60 Å². The normalized spacial score (nSPS) is 19.5. The first kappa shape index (κ1) is 10.6. The number of hydrogen-bond donors (Lipinski definition) is 2. The van der Waals surface area contributed by atoms with Gasteiger partial charge in [0.1, 0.15) is 0 Å². The number of rotatable bonds is 5. The van der Waals surface area contributed by atoms with Crippen LogP contribution in [0.3, 0.4) is 0 Å². The molecule has 4 heteroatoms. The average molecular weight is 209 g/mol. The van der Waals surface area contributed by atoms with Crippen molar-refractivity contribution in [3.8, 4) is 0 Å². The highest BCUT2D eigenvalue weighted by atomic mass is 16.3. The van der Waals surface area contributed by atoms with Gasteiger partial charge in [-0.15, -0.1) is 0 Å². The molecule has 1 aliphatic carbocycles. The van der Waals surface area contributed by atoms with Gasteiger partial charge in [0.25, 0.3) is 0 Å². The van der Waals surface area contributed by atoms with Gasteiger partial charge in [0.2, 0.25) is 0 Å². The molecule has 1 aromatic heterocycles. The smallest absolute Gasteiger partial charge is 0.0946 e. The van der Waals surface area contributed by atoms with Crippen LogP contribution in [0.15, 0.2) is 18.7 Å². The molecule has 0 bridgehead atoms. The maximum Gasteiger partial charge on any atom is 0.0946 e. The van der Waals surface area contributed by atoms with Crippen molar-refractivity contribution in [3.63, 3.8) is 0 Å². The van der Waals surface area contributed by atoms with Gasteiger partial charge in [-0.25, -0.2) is 4.98 Å². The maximum atomic E-state index is 10.1. The minimum Gasteiger partial charge on any atom is -0.389 e. The lowest BCUT2D eigenvalue weighted by Crippen LogP contribution is -2.39. The van der Waals surface area contributed by atoms with Gasteiger partial charge in [0.05, 0.1) is 11.9 Å². The topological polar surface area (TPSA) is 50.1 Å². The number of hydrogen-bond acceptors (Lipinski definition) is 3. The van der Waals surface area contributed by atoms with Crippen molar-refractivity contribution in [3.05, 3.63) is 18.7 Å². The minimum atomic E-state index is -0.436. The van der Waals surface area contributed by atoms with Crippen LogP contribution >= 0.6 is 0 Å². The van der Waals surface area contributed by atoms with E-state index in [0.29, 0.717) is 0 Å². The molecule has 4 nitrogen and oxygen atoms in total. The fraction of sp³-hybridized carbons (Fsp3) is 0.727. The van der Waals surface area contributed by atoms with Gasteiger partial charge in [-0.2, -0.15) is 0 Å². The molecule has 1 aromatic rings. The first-order valence-corrected chi connectivity index (χ1v) is 5.67. The first-order chi connectivity index (χ1) is 7.29. The molecule has 0 saturated heterocycles. The number of aromatic nitrogens is 2. The van der Waals surface area contributed by atoms with Crippen molar-refractivity contribution in [1.82, 2.24) is 14.9 Å². The summed E-state index contributed by atoms with van der Waals surface area (Å²) in [4.78, 5) is 3.98. The van der Waals surface area contributed by atoms with Crippen LogP contribution < -0.4 is 5.32 Å². The monoisotopic (exact) mass is 209 g/mol. The standard InChI is InChI=1S/C11H19N3O/c15-11(3-1-2-4-11)9-12-5-7-14-8-6-13-10-14/h6,8,10,12,15H,1-5,7,9H2. The van der Waals surface area contributed by atoms with Gasteiger partial charge < -0.3 is 15.0 Å². The van der Waals surface area contributed by atoms with Crippen molar-refractivity contribution in [2.45, 2.75) is 37.8 Å². The Morgan fingerprint density at radius 3 is 2.87 bits per heavy atom. The van der Waals surface area contributed by atoms with Gasteiger partial charge in [-0.05, 0) is 12.8 Å². The molecule has 1 heterocycles. The molecule has 0 radical (unpaired) electrons. The third kappa shape index (κ3) is 3.04. The molecule has 84 valence electrons. The van der Waals surface area contributed by atoms with Gasteiger partial charge >= 0.3 is 0 Å². The second kappa shape index (κ2) is 4.77.